The first-order chi connectivity index (χ1) is 11.7. The molecule has 2 aromatic rings. The van der Waals surface area contributed by atoms with E-state index in [4.69, 9.17) is 9.47 Å². The van der Waals surface area contributed by atoms with Crippen molar-refractivity contribution in [2.45, 2.75) is 12.7 Å². The number of rotatable bonds is 3. The first kappa shape index (κ1) is 15.5. The molecule has 0 saturated carbocycles. The number of hydrogen-bond donors (Lipinski definition) is 1. The minimum Gasteiger partial charge on any atom is -0.486 e. The van der Waals surface area contributed by atoms with Crippen LogP contribution in [0, 0.1) is 0 Å². The Morgan fingerprint density at radius 2 is 1.92 bits per heavy atom. The number of nitrogens with zero attached hydrogens (tertiary/aromatic N) is 1. The number of ether oxygens (including phenoxy) is 2. The Labute approximate surface area is 148 Å². The number of carbonyl (C=O) groups is 1. The summed E-state index contributed by atoms with van der Waals surface area (Å²) in [7, 11) is 0. The van der Waals surface area contributed by atoms with Crippen molar-refractivity contribution in [1.29, 1.82) is 0 Å². The summed E-state index contributed by atoms with van der Waals surface area (Å²) in [5.41, 5.74) is 2.09. The fourth-order valence-electron chi connectivity index (χ4n) is 3.12. The Balaban J connectivity index is 1.63. The van der Waals surface area contributed by atoms with Gasteiger partial charge in [0.05, 0.1) is 6.54 Å². The van der Waals surface area contributed by atoms with Gasteiger partial charge >= 0.3 is 0 Å². The summed E-state index contributed by atoms with van der Waals surface area (Å²) >= 11 is 3.45. The van der Waals surface area contributed by atoms with E-state index in [-0.39, 0.29) is 12.1 Å². The van der Waals surface area contributed by atoms with Crippen LogP contribution in [0.2, 0.25) is 0 Å². The van der Waals surface area contributed by atoms with Gasteiger partial charge in [-0.15, -0.1) is 0 Å². The van der Waals surface area contributed by atoms with Crippen molar-refractivity contribution >= 4 is 21.8 Å². The maximum Gasteiger partial charge on any atom is 0.235 e. The Hall–Kier alpha value is -2.05. The molecule has 4 rings (SSSR count). The number of para-hydroxylation sites is 1. The molecule has 2 aliphatic rings. The van der Waals surface area contributed by atoms with Crippen LogP contribution >= 0.6 is 15.9 Å². The van der Waals surface area contributed by atoms with Crippen LogP contribution in [0.4, 0.5) is 0 Å². The SMILES string of the molecule is O=C1CN(Cc2ccc(Br)cc2)[C@H](c2cccc3c2OCCO3)N1. The maximum atomic E-state index is 12.0. The average molecular weight is 389 g/mol. The van der Waals surface area contributed by atoms with E-state index in [2.05, 4.69) is 38.3 Å². The molecule has 0 radical (unpaired) electrons. The van der Waals surface area contributed by atoms with Gasteiger partial charge in [-0.25, -0.2) is 0 Å². The Morgan fingerprint density at radius 3 is 2.75 bits per heavy atom. The zero-order valence-electron chi connectivity index (χ0n) is 13.0. The van der Waals surface area contributed by atoms with Gasteiger partial charge in [-0.05, 0) is 23.8 Å². The third kappa shape index (κ3) is 2.99. The number of fused-ring (bicyclic) bond motifs is 1. The molecule has 124 valence electrons. The summed E-state index contributed by atoms with van der Waals surface area (Å²) in [4.78, 5) is 14.1. The number of carbonyl (C=O) groups excluding carboxylic acids is 1. The molecule has 1 amide bonds. The van der Waals surface area contributed by atoms with E-state index in [1.807, 2.05) is 30.3 Å². The van der Waals surface area contributed by atoms with Gasteiger partial charge in [-0.3, -0.25) is 9.69 Å². The smallest absolute Gasteiger partial charge is 0.235 e. The summed E-state index contributed by atoms with van der Waals surface area (Å²) in [5.74, 6) is 1.49. The van der Waals surface area contributed by atoms with Crippen molar-refractivity contribution in [3.05, 3.63) is 58.1 Å². The van der Waals surface area contributed by atoms with Crippen LogP contribution in [0.15, 0.2) is 46.9 Å². The van der Waals surface area contributed by atoms with Crippen LogP contribution in [0.3, 0.4) is 0 Å². The van der Waals surface area contributed by atoms with Crippen LogP contribution in [0.25, 0.3) is 0 Å². The highest BCUT2D eigenvalue weighted by molar-refractivity contribution is 9.10. The molecule has 1 atom stereocenters. The van der Waals surface area contributed by atoms with Crippen molar-refractivity contribution in [2.24, 2.45) is 0 Å². The van der Waals surface area contributed by atoms with E-state index >= 15 is 0 Å². The molecule has 24 heavy (non-hydrogen) atoms. The zero-order chi connectivity index (χ0) is 16.5. The molecule has 0 aromatic heterocycles. The third-order valence-electron chi connectivity index (χ3n) is 4.20. The van der Waals surface area contributed by atoms with Gasteiger partial charge in [0, 0.05) is 16.6 Å². The number of benzene rings is 2. The molecular formula is C18H17BrN2O3. The minimum atomic E-state index is -0.210. The highest BCUT2D eigenvalue weighted by Gasteiger charge is 2.34. The lowest BCUT2D eigenvalue weighted by Crippen LogP contribution is -2.29. The molecular weight excluding hydrogens is 372 g/mol. The van der Waals surface area contributed by atoms with Crippen LogP contribution in [-0.2, 0) is 11.3 Å². The lowest BCUT2D eigenvalue weighted by molar-refractivity contribution is -0.118. The van der Waals surface area contributed by atoms with Crippen molar-refractivity contribution in [2.75, 3.05) is 19.8 Å². The topological polar surface area (TPSA) is 50.8 Å². The van der Waals surface area contributed by atoms with Gasteiger partial charge in [-0.2, -0.15) is 0 Å². The predicted molar refractivity (Wildman–Crippen MR) is 92.9 cm³/mol. The molecule has 0 spiro atoms. The van der Waals surface area contributed by atoms with Gasteiger partial charge in [0.25, 0.3) is 0 Å². The van der Waals surface area contributed by atoms with Gasteiger partial charge in [0.2, 0.25) is 5.91 Å². The van der Waals surface area contributed by atoms with E-state index in [9.17, 15) is 4.79 Å². The number of hydrogen-bond acceptors (Lipinski definition) is 4. The highest BCUT2D eigenvalue weighted by Crippen LogP contribution is 2.39. The van der Waals surface area contributed by atoms with Crippen molar-refractivity contribution < 1.29 is 14.3 Å². The summed E-state index contributed by atoms with van der Waals surface area (Å²) in [6, 6.07) is 14.0. The predicted octanol–water partition coefficient (Wildman–Crippen LogP) is 2.85. The Bertz CT molecular complexity index is 763. The van der Waals surface area contributed by atoms with Gasteiger partial charge in [-0.1, -0.05) is 40.2 Å². The summed E-state index contributed by atoms with van der Waals surface area (Å²) in [6.07, 6.45) is -0.210. The molecule has 0 bridgehead atoms. The van der Waals surface area contributed by atoms with Crippen LogP contribution in [0.5, 0.6) is 11.5 Å². The molecule has 1 fully saturated rings. The average Bonchev–Trinajstić information content (AvgIpc) is 2.96. The number of halogens is 1. The fourth-order valence-corrected chi connectivity index (χ4v) is 3.39. The van der Waals surface area contributed by atoms with Gasteiger partial charge in [0.15, 0.2) is 11.5 Å². The molecule has 0 unspecified atom stereocenters. The second-order valence-electron chi connectivity index (χ2n) is 5.87. The molecule has 1 N–H and O–H groups in total. The summed E-state index contributed by atoms with van der Waals surface area (Å²) in [6.45, 7) is 2.12. The molecule has 2 aliphatic heterocycles. The number of amides is 1. The van der Waals surface area contributed by atoms with Crippen molar-refractivity contribution in [3.63, 3.8) is 0 Å². The first-order valence-corrected chi connectivity index (χ1v) is 8.66. The Morgan fingerprint density at radius 1 is 1.12 bits per heavy atom. The Kier molecular flexibility index (Phi) is 4.16. The lowest BCUT2D eigenvalue weighted by Gasteiger charge is -2.28. The van der Waals surface area contributed by atoms with E-state index in [1.54, 1.807) is 0 Å². The normalized spacial score (nSPS) is 20.0. The monoisotopic (exact) mass is 388 g/mol. The molecule has 1 saturated heterocycles. The summed E-state index contributed by atoms with van der Waals surface area (Å²) in [5, 5.41) is 3.04. The first-order valence-electron chi connectivity index (χ1n) is 7.87. The molecule has 5 nitrogen and oxygen atoms in total. The minimum absolute atomic E-state index is 0.0199. The van der Waals surface area contributed by atoms with Crippen LogP contribution in [0.1, 0.15) is 17.3 Å². The fraction of sp³-hybridized carbons (Fsp3) is 0.278. The highest BCUT2D eigenvalue weighted by atomic mass is 79.9. The second-order valence-corrected chi connectivity index (χ2v) is 6.79. The van der Waals surface area contributed by atoms with E-state index in [0.717, 1.165) is 27.1 Å². The number of nitrogens with one attached hydrogen (secondary N) is 1. The molecule has 6 heteroatoms. The standard InChI is InChI=1S/C18H17BrN2O3/c19-13-6-4-12(5-7-13)10-21-11-16(22)20-18(21)14-2-1-3-15-17(14)24-9-8-23-15/h1-7,18H,8-11H2,(H,20,22)/t18-/m1/s1. The quantitative estimate of drug-likeness (QED) is 0.877. The van der Waals surface area contributed by atoms with Gasteiger partial charge < -0.3 is 14.8 Å². The third-order valence-corrected chi connectivity index (χ3v) is 4.73. The second kappa shape index (κ2) is 6.45. The molecule has 2 aromatic carbocycles. The van der Waals surface area contributed by atoms with Crippen LogP contribution in [-0.4, -0.2) is 30.6 Å². The summed E-state index contributed by atoms with van der Waals surface area (Å²) < 4.78 is 12.5. The van der Waals surface area contributed by atoms with Gasteiger partial charge in [0.1, 0.15) is 19.4 Å². The van der Waals surface area contributed by atoms with E-state index in [1.165, 1.54) is 0 Å². The van der Waals surface area contributed by atoms with Crippen molar-refractivity contribution in [1.82, 2.24) is 10.2 Å². The molecule has 0 aliphatic carbocycles. The molecule has 2 heterocycles. The van der Waals surface area contributed by atoms with Crippen LogP contribution < -0.4 is 14.8 Å². The lowest BCUT2D eigenvalue weighted by atomic mass is 10.1. The van der Waals surface area contributed by atoms with E-state index < -0.39 is 0 Å². The zero-order valence-corrected chi connectivity index (χ0v) is 14.6. The maximum absolute atomic E-state index is 12.0. The van der Waals surface area contributed by atoms with E-state index in [0.29, 0.717) is 26.3 Å². The van der Waals surface area contributed by atoms with Crippen molar-refractivity contribution in [3.8, 4) is 11.5 Å². The largest absolute Gasteiger partial charge is 0.486 e.